The summed E-state index contributed by atoms with van der Waals surface area (Å²) >= 11 is 1.09. The highest BCUT2D eigenvalue weighted by molar-refractivity contribution is 8.17. The van der Waals surface area contributed by atoms with E-state index in [9.17, 15) is 20.2 Å². The summed E-state index contributed by atoms with van der Waals surface area (Å²) in [6, 6.07) is 19.7. The first-order chi connectivity index (χ1) is 17.9. The van der Waals surface area contributed by atoms with Gasteiger partial charge in [-0.1, -0.05) is 42.5 Å². The molecule has 11 heteroatoms. The van der Waals surface area contributed by atoms with Gasteiger partial charge in [0.15, 0.2) is 5.17 Å². The Labute approximate surface area is 215 Å². The number of thioether (sulfide) groups is 1. The van der Waals surface area contributed by atoms with Crippen LogP contribution in [0.4, 0.5) is 5.69 Å². The molecule has 0 fully saturated rings. The van der Waals surface area contributed by atoms with Crippen LogP contribution in [0.15, 0.2) is 92.4 Å². The molecule has 1 atom stereocenters. The molecule has 0 bridgehead atoms. The molecule has 0 spiro atoms. The first-order valence-electron chi connectivity index (χ1n) is 11.2. The number of benzene rings is 2. The summed E-state index contributed by atoms with van der Waals surface area (Å²) in [5.74, 6) is 0.0142. The Morgan fingerprint density at radius 1 is 1.22 bits per heavy atom. The molecular weight excluding hydrogens is 494 g/mol. The maximum absolute atomic E-state index is 13.4. The van der Waals surface area contributed by atoms with Crippen LogP contribution in [-0.2, 0) is 9.53 Å². The van der Waals surface area contributed by atoms with E-state index in [0.29, 0.717) is 16.4 Å². The third kappa shape index (κ3) is 4.13. The van der Waals surface area contributed by atoms with E-state index in [1.54, 1.807) is 42.2 Å². The van der Waals surface area contributed by atoms with E-state index in [0.717, 1.165) is 11.8 Å². The number of amidine groups is 1. The molecule has 0 amide bonds. The Bertz CT molecular complexity index is 1550. The minimum Gasteiger partial charge on any atom is -0.463 e. The lowest BCUT2D eigenvalue weighted by atomic mass is 9.96. The summed E-state index contributed by atoms with van der Waals surface area (Å²) < 4.78 is 11.6. The van der Waals surface area contributed by atoms with Gasteiger partial charge < -0.3 is 14.9 Å². The van der Waals surface area contributed by atoms with Crippen molar-refractivity contribution in [2.75, 3.05) is 6.61 Å². The third-order valence-electron chi connectivity index (χ3n) is 5.79. The number of aliphatic imine (C=N–C) groups is 1. The second-order valence-corrected chi connectivity index (χ2v) is 8.90. The first-order valence-corrected chi connectivity index (χ1v) is 12.0. The van der Waals surface area contributed by atoms with Gasteiger partial charge in [-0.2, -0.15) is 5.26 Å². The fourth-order valence-corrected chi connectivity index (χ4v) is 5.08. The van der Waals surface area contributed by atoms with Crippen molar-refractivity contribution in [2.24, 2.45) is 10.7 Å². The van der Waals surface area contributed by atoms with E-state index in [1.165, 1.54) is 6.07 Å². The van der Waals surface area contributed by atoms with E-state index in [4.69, 9.17) is 19.9 Å². The quantitative estimate of drug-likeness (QED) is 0.275. The average molecular weight is 514 g/mol. The van der Waals surface area contributed by atoms with Crippen LogP contribution < -0.4 is 5.73 Å². The number of hydrogen-bond donors (Lipinski definition) is 1. The van der Waals surface area contributed by atoms with E-state index >= 15 is 0 Å². The number of nitriles is 1. The van der Waals surface area contributed by atoms with Crippen LogP contribution in [0, 0.1) is 21.4 Å². The molecule has 2 N–H and O–H groups in total. The number of nitro groups is 1. The lowest BCUT2D eigenvalue weighted by molar-refractivity contribution is -0.384. The summed E-state index contributed by atoms with van der Waals surface area (Å²) in [7, 11) is 0. The molecule has 2 aliphatic rings. The largest absolute Gasteiger partial charge is 0.463 e. The van der Waals surface area contributed by atoms with Gasteiger partial charge in [0.05, 0.1) is 28.4 Å². The summed E-state index contributed by atoms with van der Waals surface area (Å²) in [5, 5.41) is 21.6. The molecule has 3 heterocycles. The predicted octanol–water partition coefficient (Wildman–Crippen LogP) is 4.94. The second-order valence-electron chi connectivity index (χ2n) is 7.92. The van der Waals surface area contributed by atoms with Crippen molar-refractivity contribution in [3.8, 4) is 17.4 Å². The first kappa shape index (κ1) is 23.9. The van der Waals surface area contributed by atoms with E-state index in [1.807, 2.05) is 30.3 Å². The van der Waals surface area contributed by atoms with Gasteiger partial charge in [0.1, 0.15) is 34.4 Å². The molecule has 5 rings (SSSR count). The number of nitro benzene ring substituents is 1. The molecule has 10 nitrogen and oxygen atoms in total. The van der Waals surface area contributed by atoms with Crippen LogP contribution in [0.3, 0.4) is 0 Å². The summed E-state index contributed by atoms with van der Waals surface area (Å²) in [6.45, 7) is 1.82. The van der Waals surface area contributed by atoms with Crippen LogP contribution in [0.2, 0.25) is 0 Å². The smallest absolute Gasteiger partial charge is 0.338 e. The van der Waals surface area contributed by atoms with Crippen molar-refractivity contribution in [1.29, 1.82) is 5.26 Å². The molecule has 1 aromatic heterocycles. The number of allylic oxidation sites excluding steroid dienone is 1. The maximum Gasteiger partial charge on any atom is 0.338 e. The van der Waals surface area contributed by atoms with Gasteiger partial charge in [0.2, 0.25) is 0 Å². The number of nitrogens with zero attached hydrogens (tertiary/aromatic N) is 4. The van der Waals surface area contributed by atoms with Gasteiger partial charge in [0, 0.05) is 11.6 Å². The third-order valence-corrected chi connectivity index (χ3v) is 6.77. The van der Waals surface area contributed by atoms with E-state index in [-0.39, 0.29) is 45.7 Å². The predicted molar refractivity (Wildman–Crippen MR) is 137 cm³/mol. The normalized spacial score (nSPS) is 16.8. The fraction of sp³-hybridized carbons (Fsp3) is 0.115. The number of furan rings is 1. The number of hydrogen-bond acceptors (Lipinski definition) is 10. The Morgan fingerprint density at radius 2 is 1.95 bits per heavy atom. The molecule has 3 aromatic rings. The molecule has 2 aromatic carbocycles. The molecule has 0 saturated carbocycles. The molecule has 0 aliphatic carbocycles. The highest BCUT2D eigenvalue weighted by Gasteiger charge is 2.45. The van der Waals surface area contributed by atoms with Gasteiger partial charge in [-0.05, 0) is 36.9 Å². The highest BCUT2D eigenvalue weighted by atomic mass is 32.2. The van der Waals surface area contributed by atoms with Gasteiger partial charge >= 0.3 is 5.97 Å². The molecule has 0 unspecified atom stereocenters. The molecule has 0 saturated heterocycles. The molecule has 184 valence electrons. The van der Waals surface area contributed by atoms with Gasteiger partial charge in [-0.15, -0.1) is 0 Å². The topological polar surface area (TPSA) is 148 Å². The SMILES string of the molecule is CCOC(=O)C1=C(c2ccccc2)N=C2SC(C#N)=C(N)N2[C@@H]1c1ccc(-c2ccccc2[N+](=O)[O-])o1. The molecule has 2 aliphatic heterocycles. The zero-order valence-electron chi connectivity index (χ0n) is 19.5. The average Bonchev–Trinajstić information content (AvgIpc) is 3.53. The second kappa shape index (κ2) is 9.67. The summed E-state index contributed by atoms with van der Waals surface area (Å²) in [5.41, 5.74) is 7.70. The monoisotopic (exact) mass is 513 g/mol. The highest BCUT2D eigenvalue weighted by Crippen LogP contribution is 2.48. The van der Waals surface area contributed by atoms with Gasteiger partial charge in [-0.25, -0.2) is 9.79 Å². The van der Waals surface area contributed by atoms with Crippen LogP contribution in [0.1, 0.15) is 24.3 Å². The number of nitrogens with two attached hydrogens (primary N) is 1. The zero-order chi connectivity index (χ0) is 26.1. The van der Waals surface area contributed by atoms with Crippen molar-refractivity contribution in [3.63, 3.8) is 0 Å². The fourth-order valence-electron chi connectivity index (χ4n) is 4.21. The lowest BCUT2D eigenvalue weighted by Crippen LogP contribution is -2.38. The number of carbonyl (C=O) groups is 1. The van der Waals surface area contributed by atoms with Crippen molar-refractivity contribution in [3.05, 3.63) is 104 Å². The van der Waals surface area contributed by atoms with Crippen LogP contribution >= 0.6 is 11.8 Å². The number of fused-ring (bicyclic) bond motifs is 1. The minimum atomic E-state index is -0.934. The number of carbonyl (C=O) groups excluding carboxylic acids is 1. The van der Waals surface area contributed by atoms with Gasteiger partial charge in [0.25, 0.3) is 5.69 Å². The minimum absolute atomic E-state index is 0.119. The summed E-state index contributed by atoms with van der Waals surface area (Å²) in [6.07, 6.45) is 0. The van der Waals surface area contributed by atoms with Crippen LogP contribution in [0.5, 0.6) is 0 Å². The standard InChI is InChI=1S/C26H19N5O5S/c1-2-35-25(32)21-22(15-8-4-3-5-9-15)29-26-30(24(28)20(14-27)37-26)23(21)19-13-12-18(36-19)16-10-6-7-11-17(16)31(33)34/h3-13,23H,2,28H2,1H3/t23-/m1/s1. The molecule has 37 heavy (non-hydrogen) atoms. The Hall–Kier alpha value is -4.82. The Morgan fingerprint density at radius 3 is 2.65 bits per heavy atom. The van der Waals surface area contributed by atoms with Crippen molar-refractivity contribution < 1.29 is 18.9 Å². The van der Waals surface area contributed by atoms with Crippen LogP contribution in [-0.4, -0.2) is 27.6 Å². The Balaban J connectivity index is 1.73. The van der Waals surface area contributed by atoms with Gasteiger partial charge in [-0.3, -0.25) is 15.0 Å². The lowest BCUT2D eigenvalue weighted by Gasteiger charge is -2.33. The number of ether oxygens (including phenoxy) is 1. The zero-order valence-corrected chi connectivity index (χ0v) is 20.3. The molecule has 0 radical (unpaired) electrons. The number of rotatable bonds is 6. The van der Waals surface area contributed by atoms with Crippen molar-refractivity contribution in [1.82, 2.24) is 4.90 Å². The molecular formula is C26H19N5O5S. The number of para-hydroxylation sites is 1. The van der Waals surface area contributed by atoms with E-state index < -0.39 is 16.9 Å². The summed E-state index contributed by atoms with van der Waals surface area (Å²) in [4.78, 5) is 31.0. The maximum atomic E-state index is 13.4. The van der Waals surface area contributed by atoms with E-state index in [2.05, 4.69) is 6.07 Å². The van der Waals surface area contributed by atoms with Crippen molar-refractivity contribution in [2.45, 2.75) is 13.0 Å². The number of esters is 1. The van der Waals surface area contributed by atoms with Crippen LogP contribution in [0.25, 0.3) is 17.0 Å². The van der Waals surface area contributed by atoms with Crippen molar-refractivity contribution >= 4 is 34.3 Å². The Kier molecular flexibility index (Phi) is 6.25.